The molecule has 1 aromatic rings. The number of rotatable bonds is 5. The van der Waals surface area contributed by atoms with E-state index in [9.17, 15) is 0 Å². The first-order valence-corrected chi connectivity index (χ1v) is 6.20. The Bertz CT molecular complexity index is 308. The molecular weight excluding hydrogens is 254 g/mol. The molecule has 1 unspecified atom stereocenters. The van der Waals surface area contributed by atoms with E-state index in [2.05, 4.69) is 45.5 Å². The molecule has 0 radical (unpaired) electrons. The van der Waals surface area contributed by atoms with Crippen LogP contribution in [0.4, 0.5) is 0 Å². The van der Waals surface area contributed by atoms with E-state index in [-0.39, 0.29) is 6.61 Å². The van der Waals surface area contributed by atoms with Gasteiger partial charge in [0.2, 0.25) is 0 Å². The van der Waals surface area contributed by atoms with Crippen molar-refractivity contribution in [1.29, 1.82) is 0 Å². The molecule has 0 saturated heterocycles. The molecule has 0 aliphatic heterocycles. The number of hydrogen-bond acceptors (Lipinski definition) is 2. The summed E-state index contributed by atoms with van der Waals surface area (Å²) in [6.07, 6.45) is 2.61. The molecule has 1 atom stereocenters. The summed E-state index contributed by atoms with van der Waals surface area (Å²) in [4.78, 5) is 0. The van der Waals surface area contributed by atoms with Gasteiger partial charge in [-0.05, 0) is 36.5 Å². The molecule has 82 valence electrons. The van der Waals surface area contributed by atoms with Crippen LogP contribution in [0.1, 0.15) is 24.4 Å². The Morgan fingerprint density at radius 3 is 2.53 bits per heavy atom. The Morgan fingerprint density at radius 2 is 2.00 bits per heavy atom. The summed E-state index contributed by atoms with van der Waals surface area (Å²) in [7, 11) is 0. The molecule has 1 aliphatic carbocycles. The first-order valence-electron chi connectivity index (χ1n) is 5.41. The van der Waals surface area contributed by atoms with Crippen molar-refractivity contribution < 1.29 is 5.11 Å². The van der Waals surface area contributed by atoms with Gasteiger partial charge in [0.15, 0.2) is 0 Å². The van der Waals surface area contributed by atoms with Crippen molar-refractivity contribution in [1.82, 2.24) is 5.32 Å². The highest BCUT2D eigenvalue weighted by Crippen LogP contribution is 2.41. The molecule has 0 aromatic heterocycles. The second kappa shape index (κ2) is 5.10. The smallest absolute Gasteiger partial charge is 0.0556 e. The van der Waals surface area contributed by atoms with E-state index in [0.29, 0.717) is 12.6 Å². The van der Waals surface area contributed by atoms with E-state index in [4.69, 9.17) is 5.11 Å². The summed E-state index contributed by atoms with van der Waals surface area (Å²) < 4.78 is 1.11. The zero-order valence-corrected chi connectivity index (χ0v) is 10.2. The van der Waals surface area contributed by atoms with E-state index in [0.717, 1.165) is 10.4 Å². The lowest BCUT2D eigenvalue weighted by atomic mass is 10.0. The Hall–Kier alpha value is -0.380. The van der Waals surface area contributed by atoms with E-state index >= 15 is 0 Å². The predicted octanol–water partition coefficient (Wildman–Crippen LogP) is 2.48. The van der Waals surface area contributed by atoms with E-state index in [1.807, 2.05) is 0 Å². The zero-order chi connectivity index (χ0) is 10.7. The SMILES string of the molecule is OCCNC(c1ccc(Br)cc1)C1CC1. The third-order valence-corrected chi connectivity index (χ3v) is 3.33. The van der Waals surface area contributed by atoms with Gasteiger partial charge in [0, 0.05) is 17.1 Å². The van der Waals surface area contributed by atoms with Crippen LogP contribution >= 0.6 is 15.9 Å². The molecule has 1 fully saturated rings. The third-order valence-electron chi connectivity index (χ3n) is 2.80. The van der Waals surface area contributed by atoms with Gasteiger partial charge in [-0.25, -0.2) is 0 Å². The average molecular weight is 270 g/mol. The first kappa shape index (κ1) is 11.1. The van der Waals surface area contributed by atoms with Crippen LogP contribution in [0, 0.1) is 5.92 Å². The topological polar surface area (TPSA) is 32.3 Å². The van der Waals surface area contributed by atoms with Crippen LogP contribution in [0.3, 0.4) is 0 Å². The van der Waals surface area contributed by atoms with Crippen LogP contribution in [0.5, 0.6) is 0 Å². The van der Waals surface area contributed by atoms with Crippen molar-refractivity contribution in [2.24, 2.45) is 5.92 Å². The van der Waals surface area contributed by atoms with Crippen LogP contribution in [-0.2, 0) is 0 Å². The minimum atomic E-state index is 0.208. The van der Waals surface area contributed by atoms with Gasteiger partial charge < -0.3 is 10.4 Å². The van der Waals surface area contributed by atoms with Crippen molar-refractivity contribution in [3.05, 3.63) is 34.3 Å². The minimum absolute atomic E-state index is 0.208. The van der Waals surface area contributed by atoms with E-state index < -0.39 is 0 Å². The molecule has 0 heterocycles. The first-order chi connectivity index (χ1) is 7.31. The van der Waals surface area contributed by atoms with Crippen LogP contribution in [-0.4, -0.2) is 18.3 Å². The monoisotopic (exact) mass is 269 g/mol. The van der Waals surface area contributed by atoms with Crippen molar-refractivity contribution in [2.75, 3.05) is 13.2 Å². The molecule has 2 nitrogen and oxygen atoms in total. The molecule has 3 heteroatoms. The summed E-state index contributed by atoms with van der Waals surface area (Å²) in [5, 5.41) is 12.2. The minimum Gasteiger partial charge on any atom is -0.395 e. The van der Waals surface area contributed by atoms with Gasteiger partial charge in [-0.15, -0.1) is 0 Å². The summed E-state index contributed by atoms with van der Waals surface area (Å²) in [5.41, 5.74) is 1.33. The van der Waals surface area contributed by atoms with Gasteiger partial charge in [0.05, 0.1) is 6.61 Å². The van der Waals surface area contributed by atoms with Gasteiger partial charge in [0.1, 0.15) is 0 Å². The molecule has 0 spiro atoms. The highest BCUT2D eigenvalue weighted by molar-refractivity contribution is 9.10. The van der Waals surface area contributed by atoms with Gasteiger partial charge in [0.25, 0.3) is 0 Å². The van der Waals surface area contributed by atoms with E-state index in [1.165, 1.54) is 18.4 Å². The van der Waals surface area contributed by atoms with Crippen LogP contribution in [0.25, 0.3) is 0 Å². The molecule has 0 amide bonds. The lowest BCUT2D eigenvalue weighted by molar-refractivity contribution is 0.280. The molecular formula is C12H16BrNO. The summed E-state index contributed by atoms with van der Waals surface area (Å²) in [6, 6.07) is 8.87. The highest BCUT2D eigenvalue weighted by atomic mass is 79.9. The average Bonchev–Trinajstić information content (AvgIpc) is 3.05. The molecule has 1 aliphatic rings. The maximum Gasteiger partial charge on any atom is 0.0556 e. The van der Waals surface area contributed by atoms with Crippen molar-refractivity contribution in [3.63, 3.8) is 0 Å². The van der Waals surface area contributed by atoms with Gasteiger partial charge in [-0.2, -0.15) is 0 Å². The van der Waals surface area contributed by atoms with Gasteiger partial charge in [-0.1, -0.05) is 28.1 Å². The van der Waals surface area contributed by atoms with Gasteiger partial charge in [-0.3, -0.25) is 0 Å². The lowest BCUT2D eigenvalue weighted by Crippen LogP contribution is -2.25. The lowest BCUT2D eigenvalue weighted by Gasteiger charge is -2.18. The molecule has 1 saturated carbocycles. The van der Waals surface area contributed by atoms with Crippen LogP contribution < -0.4 is 5.32 Å². The molecule has 15 heavy (non-hydrogen) atoms. The van der Waals surface area contributed by atoms with Crippen molar-refractivity contribution in [2.45, 2.75) is 18.9 Å². The second-order valence-electron chi connectivity index (χ2n) is 4.04. The molecule has 1 aromatic carbocycles. The zero-order valence-electron chi connectivity index (χ0n) is 8.62. The van der Waals surface area contributed by atoms with Crippen molar-refractivity contribution >= 4 is 15.9 Å². The number of aliphatic hydroxyl groups is 1. The van der Waals surface area contributed by atoms with Crippen LogP contribution in [0.15, 0.2) is 28.7 Å². The quantitative estimate of drug-likeness (QED) is 0.861. The summed E-state index contributed by atoms with van der Waals surface area (Å²) >= 11 is 3.44. The Balaban J connectivity index is 2.06. The third kappa shape index (κ3) is 3.03. The van der Waals surface area contributed by atoms with E-state index in [1.54, 1.807) is 0 Å². The fourth-order valence-electron chi connectivity index (χ4n) is 1.88. The number of aliphatic hydroxyl groups excluding tert-OH is 1. The largest absolute Gasteiger partial charge is 0.395 e. The summed E-state index contributed by atoms with van der Waals surface area (Å²) in [5.74, 6) is 0.762. The normalized spacial score (nSPS) is 17.7. The maximum absolute atomic E-state index is 8.84. The highest BCUT2D eigenvalue weighted by Gasteiger charge is 2.31. The second-order valence-corrected chi connectivity index (χ2v) is 4.96. The Labute approximate surface area is 98.8 Å². The summed E-state index contributed by atoms with van der Waals surface area (Å²) in [6.45, 7) is 0.886. The fourth-order valence-corrected chi connectivity index (χ4v) is 2.14. The molecule has 2 rings (SSSR count). The number of hydrogen-bond donors (Lipinski definition) is 2. The maximum atomic E-state index is 8.84. The Morgan fingerprint density at radius 1 is 1.33 bits per heavy atom. The molecule has 2 N–H and O–H groups in total. The number of benzene rings is 1. The fraction of sp³-hybridized carbons (Fsp3) is 0.500. The molecule has 0 bridgehead atoms. The van der Waals surface area contributed by atoms with Gasteiger partial charge >= 0.3 is 0 Å². The Kier molecular flexibility index (Phi) is 3.78. The number of halogens is 1. The number of nitrogens with one attached hydrogen (secondary N) is 1. The predicted molar refractivity (Wildman–Crippen MR) is 64.7 cm³/mol. The van der Waals surface area contributed by atoms with Crippen LogP contribution in [0.2, 0.25) is 0 Å². The standard InChI is InChI=1S/C12H16BrNO/c13-11-5-3-10(4-6-11)12(9-1-2-9)14-7-8-15/h3-6,9,12,14-15H,1-2,7-8H2. The van der Waals surface area contributed by atoms with Crippen molar-refractivity contribution in [3.8, 4) is 0 Å².